The molecule has 0 spiro atoms. The quantitative estimate of drug-likeness (QED) is 0.862. The van der Waals surface area contributed by atoms with Gasteiger partial charge in [0.15, 0.2) is 17.2 Å². The van der Waals surface area contributed by atoms with E-state index in [1.165, 1.54) is 18.3 Å². The summed E-state index contributed by atoms with van der Waals surface area (Å²) in [5.41, 5.74) is 0.394. The number of ketones is 2. The Kier molecular flexibility index (Phi) is 3.01. The number of thiophene rings is 1. The van der Waals surface area contributed by atoms with Gasteiger partial charge in [0.05, 0.1) is 5.56 Å². The van der Waals surface area contributed by atoms with E-state index in [0.717, 1.165) is 5.69 Å². The molecule has 1 fully saturated rings. The summed E-state index contributed by atoms with van der Waals surface area (Å²) in [4.78, 5) is 30.4. The molecule has 23 heavy (non-hydrogen) atoms. The van der Waals surface area contributed by atoms with Crippen LogP contribution in [-0.4, -0.2) is 34.7 Å². The molecule has 2 aromatic rings. The highest BCUT2D eigenvalue weighted by molar-refractivity contribution is 7.14. The van der Waals surface area contributed by atoms with Gasteiger partial charge in [-0.1, -0.05) is 0 Å². The fourth-order valence-electron chi connectivity index (χ4n) is 3.09. The summed E-state index contributed by atoms with van der Waals surface area (Å²) >= 11 is 1.39. The minimum atomic E-state index is -1.55. The first-order valence-electron chi connectivity index (χ1n) is 7.33. The van der Waals surface area contributed by atoms with E-state index in [1.54, 1.807) is 18.2 Å². The number of carbonyl (C=O) groups is 2. The lowest BCUT2D eigenvalue weighted by Gasteiger charge is -2.28. The molecular weight excluding hydrogens is 312 g/mol. The summed E-state index contributed by atoms with van der Waals surface area (Å²) in [5, 5.41) is 13.3. The summed E-state index contributed by atoms with van der Waals surface area (Å²) < 4.78 is 0. The molecule has 0 amide bonds. The van der Waals surface area contributed by atoms with Crippen molar-refractivity contribution in [2.24, 2.45) is 4.99 Å². The Morgan fingerprint density at radius 2 is 2.04 bits per heavy atom. The van der Waals surface area contributed by atoms with Crippen molar-refractivity contribution in [2.75, 3.05) is 11.4 Å². The minimum absolute atomic E-state index is 0.00268. The molecule has 4 rings (SSSR count). The van der Waals surface area contributed by atoms with Gasteiger partial charge >= 0.3 is 0 Å². The molecule has 1 aromatic heterocycles. The molecule has 0 saturated carbocycles. The maximum Gasteiger partial charge on any atom is 0.205 e. The van der Waals surface area contributed by atoms with Crippen LogP contribution in [0, 0.1) is 0 Å². The van der Waals surface area contributed by atoms with Crippen LogP contribution in [0.3, 0.4) is 0 Å². The van der Waals surface area contributed by atoms with Gasteiger partial charge in [-0.25, -0.2) is 4.99 Å². The molecule has 2 aliphatic rings. The van der Waals surface area contributed by atoms with Gasteiger partial charge in [-0.05, 0) is 42.6 Å². The third-order valence-electron chi connectivity index (χ3n) is 4.38. The van der Waals surface area contributed by atoms with Gasteiger partial charge in [0.25, 0.3) is 0 Å². The second kappa shape index (κ2) is 4.84. The normalized spacial score (nSPS) is 22.6. The van der Waals surface area contributed by atoms with Gasteiger partial charge in [0, 0.05) is 24.2 Å². The average Bonchev–Trinajstić information content (AvgIpc) is 3.13. The molecule has 0 bridgehead atoms. The largest absolute Gasteiger partial charge is 0.374 e. The van der Waals surface area contributed by atoms with Crippen molar-refractivity contribution in [3.05, 3.63) is 46.8 Å². The van der Waals surface area contributed by atoms with Crippen LogP contribution >= 0.6 is 11.3 Å². The number of nitrogens with zero attached hydrogens (tertiary/aromatic N) is 2. The summed E-state index contributed by atoms with van der Waals surface area (Å²) in [6, 6.07) is 8.84. The van der Waals surface area contributed by atoms with Gasteiger partial charge in [0.2, 0.25) is 5.78 Å². The molecule has 0 unspecified atom stereocenters. The first-order valence-corrected chi connectivity index (χ1v) is 8.21. The van der Waals surface area contributed by atoms with Crippen molar-refractivity contribution in [1.82, 2.24) is 0 Å². The van der Waals surface area contributed by atoms with Crippen LogP contribution in [0.4, 0.5) is 10.7 Å². The van der Waals surface area contributed by atoms with Crippen molar-refractivity contribution < 1.29 is 14.7 Å². The lowest BCUT2D eigenvalue weighted by Crippen LogP contribution is -2.48. The van der Waals surface area contributed by atoms with E-state index in [1.807, 2.05) is 22.4 Å². The number of anilines is 1. The van der Waals surface area contributed by atoms with Gasteiger partial charge in [-0.2, -0.15) is 0 Å². The molecule has 1 N–H and O–H groups in total. The van der Waals surface area contributed by atoms with E-state index in [9.17, 15) is 14.7 Å². The van der Waals surface area contributed by atoms with Crippen LogP contribution in [0.5, 0.6) is 0 Å². The van der Waals surface area contributed by atoms with E-state index < -0.39 is 5.60 Å². The molecule has 1 aromatic carbocycles. The van der Waals surface area contributed by atoms with Crippen LogP contribution < -0.4 is 4.90 Å². The third-order valence-corrected chi connectivity index (χ3v) is 5.19. The predicted molar refractivity (Wildman–Crippen MR) is 89.1 cm³/mol. The Hall–Kier alpha value is -2.31. The molecule has 6 heteroatoms. The third kappa shape index (κ3) is 1.99. The Morgan fingerprint density at radius 3 is 2.74 bits per heavy atom. The molecule has 3 heterocycles. The number of carbonyl (C=O) groups excluding carboxylic acids is 2. The highest BCUT2D eigenvalue weighted by Crippen LogP contribution is 2.41. The van der Waals surface area contributed by atoms with Crippen molar-refractivity contribution in [1.29, 1.82) is 0 Å². The van der Waals surface area contributed by atoms with Gasteiger partial charge in [-0.15, -0.1) is 11.3 Å². The number of rotatable bonds is 2. The number of aliphatic imine (C=N–C) groups is 1. The number of aliphatic hydroxyl groups is 1. The number of hydrogen-bond acceptors (Lipinski definition) is 6. The average molecular weight is 326 g/mol. The Balaban J connectivity index is 1.78. The zero-order valence-electron chi connectivity index (χ0n) is 12.4. The van der Waals surface area contributed by atoms with E-state index in [2.05, 4.69) is 4.99 Å². The fourth-order valence-corrected chi connectivity index (χ4v) is 3.85. The highest BCUT2D eigenvalue weighted by Gasteiger charge is 2.52. The maximum absolute atomic E-state index is 12.6. The molecule has 116 valence electrons. The molecule has 0 aliphatic carbocycles. The van der Waals surface area contributed by atoms with Crippen LogP contribution in [0.2, 0.25) is 0 Å². The Labute approximate surface area is 136 Å². The van der Waals surface area contributed by atoms with Crippen molar-refractivity contribution in [3.63, 3.8) is 0 Å². The van der Waals surface area contributed by atoms with Gasteiger partial charge < -0.3 is 10.0 Å². The molecule has 1 saturated heterocycles. The summed E-state index contributed by atoms with van der Waals surface area (Å²) in [6.45, 7) is 2.03. The molecule has 0 radical (unpaired) electrons. The Bertz CT molecular complexity index is 853. The highest BCUT2D eigenvalue weighted by atomic mass is 32.1. The zero-order valence-corrected chi connectivity index (χ0v) is 13.3. The number of hydrogen-bond donors (Lipinski definition) is 1. The maximum atomic E-state index is 12.6. The van der Waals surface area contributed by atoms with E-state index >= 15 is 0 Å². The number of amidine groups is 1. The van der Waals surface area contributed by atoms with Crippen molar-refractivity contribution >= 4 is 39.4 Å². The summed E-state index contributed by atoms with van der Waals surface area (Å²) in [5.74, 6) is 0.109. The number of Topliss-reactive ketones (excluding diaryl/α,β-unsaturated/α-hetero) is 2. The molecular formula is C17H14N2O3S. The van der Waals surface area contributed by atoms with Crippen molar-refractivity contribution in [3.8, 4) is 0 Å². The lowest BCUT2D eigenvalue weighted by molar-refractivity contribution is 0.0603. The van der Waals surface area contributed by atoms with Crippen molar-refractivity contribution in [2.45, 2.75) is 18.9 Å². The smallest absolute Gasteiger partial charge is 0.205 e. The standard InChI is InChI=1S/C17H14N2O3S/c1-10(20)11-2-4-12(5-3-11)19-8-7-17(22)14(21)13-6-9-23-15(13)18-16(17)19/h2-6,9,22H,7-8H2,1H3/t17-/m1/s1. The SMILES string of the molecule is CC(=O)c1ccc(N2CC[C@@]3(O)C(=O)c4ccsc4N=C23)cc1. The fraction of sp³-hybridized carbons (Fsp3) is 0.235. The second-order valence-electron chi connectivity index (χ2n) is 5.77. The topological polar surface area (TPSA) is 70.0 Å². The summed E-state index contributed by atoms with van der Waals surface area (Å²) in [7, 11) is 0. The number of benzene rings is 1. The first-order chi connectivity index (χ1) is 11.0. The van der Waals surface area contributed by atoms with Crippen LogP contribution in [0.15, 0.2) is 40.7 Å². The summed E-state index contributed by atoms with van der Waals surface area (Å²) in [6.07, 6.45) is 0.314. The van der Waals surface area contributed by atoms with Crippen LogP contribution in [-0.2, 0) is 0 Å². The predicted octanol–water partition coefficient (Wildman–Crippen LogP) is 2.82. The second-order valence-corrected chi connectivity index (χ2v) is 6.66. The number of fused-ring (bicyclic) bond motifs is 2. The molecule has 1 atom stereocenters. The monoisotopic (exact) mass is 326 g/mol. The van der Waals surface area contributed by atoms with E-state index in [-0.39, 0.29) is 11.6 Å². The van der Waals surface area contributed by atoms with E-state index in [4.69, 9.17) is 0 Å². The molecule has 5 nitrogen and oxygen atoms in total. The lowest BCUT2D eigenvalue weighted by atomic mass is 9.90. The van der Waals surface area contributed by atoms with Gasteiger partial charge in [0.1, 0.15) is 5.00 Å². The molecule has 2 aliphatic heterocycles. The zero-order chi connectivity index (χ0) is 16.2. The van der Waals surface area contributed by atoms with Crippen LogP contribution in [0.1, 0.15) is 34.1 Å². The van der Waals surface area contributed by atoms with Crippen LogP contribution in [0.25, 0.3) is 0 Å². The Morgan fingerprint density at radius 1 is 1.30 bits per heavy atom. The minimum Gasteiger partial charge on any atom is -0.374 e. The van der Waals surface area contributed by atoms with E-state index in [0.29, 0.717) is 34.9 Å². The van der Waals surface area contributed by atoms with Gasteiger partial charge in [-0.3, -0.25) is 9.59 Å². The first kappa shape index (κ1) is 14.3.